The predicted octanol–water partition coefficient (Wildman–Crippen LogP) is 2.75. The van der Waals surface area contributed by atoms with Gasteiger partial charge in [-0.05, 0) is 13.0 Å². The van der Waals surface area contributed by atoms with E-state index in [-0.39, 0.29) is 6.61 Å². The van der Waals surface area contributed by atoms with Crippen LogP contribution in [0.5, 0.6) is 0 Å². The van der Waals surface area contributed by atoms with Gasteiger partial charge in [0.15, 0.2) is 0 Å². The van der Waals surface area contributed by atoms with Crippen LogP contribution in [0.4, 0.5) is 5.69 Å². The lowest BCUT2D eigenvalue weighted by Crippen LogP contribution is -2.23. The van der Waals surface area contributed by atoms with E-state index >= 15 is 0 Å². The van der Waals surface area contributed by atoms with Gasteiger partial charge in [-0.1, -0.05) is 29.8 Å². The van der Waals surface area contributed by atoms with Crippen molar-refractivity contribution < 1.29 is 9.84 Å². The highest BCUT2D eigenvalue weighted by Gasteiger charge is 2.07. The fourth-order valence-electron chi connectivity index (χ4n) is 2.57. The van der Waals surface area contributed by atoms with E-state index in [1.54, 1.807) is 0 Å². The Kier molecular flexibility index (Phi) is 5.13. The van der Waals surface area contributed by atoms with Crippen molar-refractivity contribution in [2.24, 2.45) is 0 Å². The van der Waals surface area contributed by atoms with Crippen molar-refractivity contribution in [2.45, 2.75) is 6.92 Å². The molecule has 0 atom stereocenters. The Balaban J connectivity index is 1.77. The number of hydrogen-bond donors (Lipinski definition) is 1. The molecule has 0 saturated carbocycles. The molecule has 126 valence electrons. The monoisotopic (exact) mass is 325 g/mol. The number of likely N-dealkylation sites (N-methyl/N-ethyl adjacent to an activating group) is 1. The lowest BCUT2D eigenvalue weighted by molar-refractivity contribution is 0.0971. The summed E-state index contributed by atoms with van der Waals surface area (Å²) < 4.78 is 7.36. The Labute approximate surface area is 142 Å². The molecule has 24 heavy (non-hydrogen) atoms. The number of ether oxygens (including phenoxy) is 1. The first kappa shape index (κ1) is 16.5. The number of fused-ring (bicyclic) bond motifs is 1. The van der Waals surface area contributed by atoms with Gasteiger partial charge < -0.3 is 19.1 Å². The number of benzene rings is 1. The maximum atomic E-state index is 8.73. The number of aromatic nitrogens is 2. The van der Waals surface area contributed by atoms with Gasteiger partial charge in [-0.15, -0.1) is 0 Å². The molecule has 0 amide bonds. The molecular weight excluding hydrogens is 302 g/mol. The van der Waals surface area contributed by atoms with Crippen molar-refractivity contribution in [1.82, 2.24) is 9.38 Å². The summed E-state index contributed by atoms with van der Waals surface area (Å²) in [6, 6.07) is 12.5. The Morgan fingerprint density at radius 3 is 2.71 bits per heavy atom. The summed E-state index contributed by atoms with van der Waals surface area (Å²) in [6.45, 7) is 3.88. The number of pyridine rings is 1. The maximum absolute atomic E-state index is 8.73. The summed E-state index contributed by atoms with van der Waals surface area (Å²) in [6.07, 6.45) is 4.08. The molecule has 0 radical (unpaired) electrons. The average molecular weight is 325 g/mol. The third-order valence-corrected chi connectivity index (χ3v) is 4.04. The van der Waals surface area contributed by atoms with E-state index in [1.807, 2.05) is 23.8 Å². The van der Waals surface area contributed by atoms with Gasteiger partial charge in [0, 0.05) is 43.3 Å². The van der Waals surface area contributed by atoms with Crippen LogP contribution in [-0.2, 0) is 4.74 Å². The summed E-state index contributed by atoms with van der Waals surface area (Å²) >= 11 is 0. The van der Waals surface area contributed by atoms with E-state index in [9.17, 15) is 0 Å². The molecule has 5 heteroatoms. The van der Waals surface area contributed by atoms with Crippen molar-refractivity contribution in [3.8, 4) is 11.3 Å². The number of imidazole rings is 1. The minimum atomic E-state index is 0.0610. The lowest BCUT2D eigenvalue weighted by Gasteiger charge is -2.19. The van der Waals surface area contributed by atoms with E-state index in [0.717, 1.165) is 29.1 Å². The summed E-state index contributed by atoms with van der Waals surface area (Å²) in [5.41, 5.74) is 5.36. The summed E-state index contributed by atoms with van der Waals surface area (Å²) in [5, 5.41) is 8.73. The van der Waals surface area contributed by atoms with Crippen molar-refractivity contribution in [1.29, 1.82) is 0 Å². The van der Waals surface area contributed by atoms with Gasteiger partial charge in [-0.2, -0.15) is 0 Å². The zero-order chi connectivity index (χ0) is 16.9. The molecule has 1 N–H and O–H groups in total. The highest BCUT2D eigenvalue weighted by Crippen LogP contribution is 2.22. The van der Waals surface area contributed by atoms with Crippen LogP contribution in [0.1, 0.15) is 5.56 Å². The quantitative estimate of drug-likeness (QED) is 0.679. The Morgan fingerprint density at radius 1 is 1.17 bits per heavy atom. The second-order valence-corrected chi connectivity index (χ2v) is 5.90. The number of rotatable bonds is 7. The van der Waals surface area contributed by atoms with E-state index in [1.165, 1.54) is 5.56 Å². The van der Waals surface area contributed by atoms with Crippen LogP contribution < -0.4 is 4.90 Å². The van der Waals surface area contributed by atoms with Gasteiger partial charge in [0.2, 0.25) is 0 Å². The van der Waals surface area contributed by atoms with Crippen LogP contribution in [0.25, 0.3) is 16.9 Å². The zero-order valence-electron chi connectivity index (χ0n) is 14.1. The van der Waals surface area contributed by atoms with E-state index in [4.69, 9.17) is 14.8 Å². The second-order valence-electron chi connectivity index (χ2n) is 5.90. The molecule has 1 aromatic carbocycles. The van der Waals surface area contributed by atoms with Gasteiger partial charge in [0.1, 0.15) is 5.65 Å². The molecule has 0 aliphatic heterocycles. The summed E-state index contributed by atoms with van der Waals surface area (Å²) in [5.74, 6) is 0. The largest absolute Gasteiger partial charge is 0.394 e. The topological polar surface area (TPSA) is 50.0 Å². The summed E-state index contributed by atoms with van der Waals surface area (Å²) in [4.78, 5) is 6.86. The van der Waals surface area contributed by atoms with E-state index in [0.29, 0.717) is 13.2 Å². The first-order chi connectivity index (χ1) is 11.7. The molecule has 5 nitrogen and oxygen atoms in total. The van der Waals surface area contributed by atoms with Gasteiger partial charge in [0.25, 0.3) is 0 Å². The number of aliphatic hydroxyl groups is 1. The number of hydrogen-bond acceptors (Lipinski definition) is 4. The summed E-state index contributed by atoms with van der Waals surface area (Å²) in [7, 11) is 2.03. The van der Waals surface area contributed by atoms with Crippen molar-refractivity contribution in [3.05, 3.63) is 54.4 Å². The molecule has 2 heterocycles. The molecule has 0 fully saturated rings. The fourth-order valence-corrected chi connectivity index (χ4v) is 2.57. The molecule has 0 unspecified atom stereocenters. The molecular formula is C19H23N3O2. The molecule has 0 spiro atoms. The van der Waals surface area contributed by atoms with Crippen LogP contribution in [0.15, 0.2) is 48.8 Å². The highest BCUT2D eigenvalue weighted by atomic mass is 16.5. The minimum absolute atomic E-state index is 0.0610. The van der Waals surface area contributed by atoms with Gasteiger partial charge in [-0.3, -0.25) is 0 Å². The smallest absolute Gasteiger partial charge is 0.139 e. The van der Waals surface area contributed by atoms with Gasteiger partial charge in [0.05, 0.1) is 25.5 Å². The Morgan fingerprint density at radius 2 is 1.96 bits per heavy atom. The third kappa shape index (κ3) is 3.75. The van der Waals surface area contributed by atoms with Crippen molar-refractivity contribution in [2.75, 3.05) is 38.3 Å². The molecule has 2 aromatic heterocycles. The van der Waals surface area contributed by atoms with Crippen LogP contribution in [-0.4, -0.2) is 47.9 Å². The number of aliphatic hydroxyl groups excluding tert-OH is 1. The van der Waals surface area contributed by atoms with Gasteiger partial charge >= 0.3 is 0 Å². The predicted molar refractivity (Wildman–Crippen MR) is 96.5 cm³/mol. The molecule has 3 aromatic rings. The molecule has 0 saturated heterocycles. The third-order valence-electron chi connectivity index (χ3n) is 4.04. The van der Waals surface area contributed by atoms with E-state index < -0.39 is 0 Å². The first-order valence-electron chi connectivity index (χ1n) is 8.13. The average Bonchev–Trinajstić information content (AvgIpc) is 3.02. The van der Waals surface area contributed by atoms with Crippen molar-refractivity contribution in [3.63, 3.8) is 0 Å². The Hall–Kier alpha value is -2.37. The molecule has 0 aliphatic rings. The Bertz CT molecular complexity index is 796. The highest BCUT2D eigenvalue weighted by molar-refractivity contribution is 5.65. The van der Waals surface area contributed by atoms with Crippen molar-refractivity contribution >= 4 is 11.3 Å². The maximum Gasteiger partial charge on any atom is 0.139 e. The van der Waals surface area contributed by atoms with Crippen LogP contribution in [0.2, 0.25) is 0 Å². The van der Waals surface area contributed by atoms with Crippen LogP contribution in [0, 0.1) is 6.92 Å². The lowest BCUT2D eigenvalue weighted by atomic mass is 10.1. The normalized spacial score (nSPS) is 11.1. The standard InChI is InChI=1S/C19H23N3O2/c1-15-3-5-16(6-4-15)18-14-22-8-7-17(13-19(22)20-18)21(2)9-11-24-12-10-23/h3-8,13-14,23H,9-12H2,1-2H3. The number of aryl methyl sites for hydroxylation is 1. The number of nitrogens with zero attached hydrogens (tertiary/aromatic N) is 3. The first-order valence-corrected chi connectivity index (χ1v) is 8.13. The number of anilines is 1. The van der Waals surface area contributed by atoms with E-state index in [2.05, 4.69) is 48.2 Å². The van der Waals surface area contributed by atoms with Crippen LogP contribution in [0.3, 0.4) is 0 Å². The minimum Gasteiger partial charge on any atom is -0.394 e. The molecule has 0 bridgehead atoms. The van der Waals surface area contributed by atoms with Gasteiger partial charge in [-0.25, -0.2) is 4.98 Å². The van der Waals surface area contributed by atoms with Crippen LogP contribution >= 0.6 is 0 Å². The molecule has 3 rings (SSSR count). The second kappa shape index (κ2) is 7.47. The molecule has 0 aliphatic carbocycles. The SMILES string of the molecule is Cc1ccc(-c2cn3ccc(N(C)CCOCCO)cc3n2)cc1. The fraction of sp³-hybridized carbons (Fsp3) is 0.316. The zero-order valence-corrected chi connectivity index (χ0v) is 14.1.